The van der Waals surface area contributed by atoms with Gasteiger partial charge in [-0.25, -0.2) is 4.79 Å². The Balaban J connectivity index is 2.54. The van der Waals surface area contributed by atoms with E-state index in [-0.39, 0.29) is 34.0 Å². The molecule has 0 spiro atoms. The first-order chi connectivity index (χ1) is 12.8. The number of para-hydroxylation sites is 1. The van der Waals surface area contributed by atoms with Crippen LogP contribution in [0.2, 0.25) is 0 Å². The number of hydrogen-bond acceptors (Lipinski definition) is 7. The Morgan fingerprint density at radius 3 is 2.22 bits per heavy atom. The quantitative estimate of drug-likeness (QED) is 0.469. The minimum absolute atomic E-state index is 0.0128. The van der Waals surface area contributed by atoms with E-state index in [1.54, 1.807) is 0 Å². The van der Waals surface area contributed by atoms with E-state index in [1.165, 1.54) is 58.6 Å². The first-order valence-electron chi connectivity index (χ1n) is 7.73. The van der Waals surface area contributed by atoms with Crippen molar-refractivity contribution in [3.8, 4) is 11.5 Å². The van der Waals surface area contributed by atoms with Gasteiger partial charge in [0.25, 0.3) is 11.6 Å². The van der Waals surface area contributed by atoms with Crippen LogP contribution in [0.3, 0.4) is 0 Å². The molecule has 0 heterocycles. The van der Waals surface area contributed by atoms with Crippen LogP contribution in [0.5, 0.6) is 11.5 Å². The van der Waals surface area contributed by atoms with Gasteiger partial charge in [-0.2, -0.15) is 0 Å². The third-order valence-electron chi connectivity index (χ3n) is 3.84. The van der Waals surface area contributed by atoms with Crippen LogP contribution in [0.15, 0.2) is 30.3 Å². The van der Waals surface area contributed by atoms with Crippen LogP contribution in [0, 0.1) is 17.0 Å². The second-order valence-electron chi connectivity index (χ2n) is 5.43. The molecule has 9 nitrogen and oxygen atoms in total. The van der Waals surface area contributed by atoms with E-state index >= 15 is 0 Å². The Labute approximate surface area is 155 Å². The topological polar surface area (TPSA) is 117 Å². The number of anilines is 1. The average molecular weight is 374 g/mol. The van der Waals surface area contributed by atoms with Crippen LogP contribution in [0.1, 0.15) is 26.3 Å². The van der Waals surface area contributed by atoms with Gasteiger partial charge in [0.1, 0.15) is 5.56 Å². The lowest BCUT2D eigenvalue weighted by molar-refractivity contribution is -0.385. The predicted octanol–water partition coefficient (Wildman–Crippen LogP) is 2.96. The van der Waals surface area contributed by atoms with Crippen molar-refractivity contribution in [3.63, 3.8) is 0 Å². The summed E-state index contributed by atoms with van der Waals surface area (Å²) in [6.45, 7) is 1.53. The van der Waals surface area contributed by atoms with Crippen LogP contribution in [0.4, 0.5) is 11.4 Å². The van der Waals surface area contributed by atoms with Crippen molar-refractivity contribution in [2.45, 2.75) is 6.92 Å². The molecule has 0 radical (unpaired) electrons. The number of hydrogen-bond donors (Lipinski definition) is 1. The summed E-state index contributed by atoms with van der Waals surface area (Å²) in [6.07, 6.45) is 0. The van der Waals surface area contributed by atoms with E-state index in [2.05, 4.69) is 5.32 Å². The van der Waals surface area contributed by atoms with Crippen molar-refractivity contribution >= 4 is 23.3 Å². The first-order valence-corrected chi connectivity index (χ1v) is 7.73. The summed E-state index contributed by atoms with van der Waals surface area (Å²) >= 11 is 0. The monoisotopic (exact) mass is 374 g/mol. The Morgan fingerprint density at radius 2 is 1.67 bits per heavy atom. The zero-order valence-corrected chi connectivity index (χ0v) is 15.2. The predicted molar refractivity (Wildman–Crippen MR) is 96.7 cm³/mol. The van der Waals surface area contributed by atoms with Gasteiger partial charge < -0.3 is 19.5 Å². The number of nitro benzene ring substituents is 1. The molecule has 0 unspecified atom stereocenters. The molecule has 0 aliphatic carbocycles. The molecule has 0 bridgehead atoms. The number of nitrogens with one attached hydrogen (secondary N) is 1. The van der Waals surface area contributed by atoms with Crippen LogP contribution in [-0.2, 0) is 4.74 Å². The number of nitrogens with zero attached hydrogens (tertiary/aromatic N) is 1. The van der Waals surface area contributed by atoms with Gasteiger partial charge in [0.2, 0.25) is 0 Å². The number of methoxy groups -OCH3 is 3. The van der Waals surface area contributed by atoms with Gasteiger partial charge in [0.15, 0.2) is 11.5 Å². The standard InChI is InChI=1S/C18H18N2O7/c1-10-6-5-7-11(16(10)20(23)24)17(21)19-13-9-15(26-3)14(25-2)8-12(13)18(22)27-4/h5-9H,1-4H3,(H,19,21). The largest absolute Gasteiger partial charge is 0.493 e. The number of esters is 1. The van der Waals surface area contributed by atoms with E-state index in [4.69, 9.17) is 14.2 Å². The fourth-order valence-electron chi connectivity index (χ4n) is 2.54. The molecule has 1 amide bonds. The van der Waals surface area contributed by atoms with Gasteiger partial charge in [0.05, 0.1) is 37.5 Å². The van der Waals surface area contributed by atoms with E-state index in [9.17, 15) is 19.7 Å². The molecule has 27 heavy (non-hydrogen) atoms. The van der Waals surface area contributed by atoms with Crippen molar-refractivity contribution < 1.29 is 28.7 Å². The van der Waals surface area contributed by atoms with Crippen molar-refractivity contribution in [2.75, 3.05) is 26.6 Å². The van der Waals surface area contributed by atoms with E-state index in [1.807, 2.05) is 0 Å². The minimum Gasteiger partial charge on any atom is -0.493 e. The molecule has 0 atom stereocenters. The van der Waals surface area contributed by atoms with Crippen molar-refractivity contribution in [3.05, 3.63) is 57.1 Å². The van der Waals surface area contributed by atoms with Gasteiger partial charge in [-0.3, -0.25) is 14.9 Å². The minimum atomic E-state index is -0.747. The third-order valence-corrected chi connectivity index (χ3v) is 3.84. The van der Waals surface area contributed by atoms with E-state index in [0.717, 1.165) is 0 Å². The maximum Gasteiger partial charge on any atom is 0.340 e. The summed E-state index contributed by atoms with van der Waals surface area (Å²) in [4.78, 5) is 35.4. The van der Waals surface area contributed by atoms with E-state index < -0.39 is 16.8 Å². The lowest BCUT2D eigenvalue weighted by atomic mass is 10.1. The zero-order valence-electron chi connectivity index (χ0n) is 15.2. The van der Waals surface area contributed by atoms with Crippen LogP contribution >= 0.6 is 0 Å². The molecule has 2 aromatic carbocycles. The summed E-state index contributed by atoms with van der Waals surface area (Å²) in [5.74, 6) is -0.940. The number of carbonyl (C=O) groups is 2. The maximum absolute atomic E-state index is 12.7. The second-order valence-corrected chi connectivity index (χ2v) is 5.43. The number of amides is 1. The normalized spacial score (nSPS) is 10.1. The third kappa shape index (κ3) is 3.97. The molecule has 0 aromatic heterocycles. The van der Waals surface area contributed by atoms with Gasteiger partial charge >= 0.3 is 5.97 Å². The molecule has 0 saturated heterocycles. The molecule has 9 heteroatoms. The number of aryl methyl sites for hydroxylation is 1. The highest BCUT2D eigenvalue weighted by atomic mass is 16.6. The maximum atomic E-state index is 12.7. The number of nitro groups is 1. The fraction of sp³-hybridized carbons (Fsp3) is 0.222. The molecule has 0 saturated carbocycles. The van der Waals surface area contributed by atoms with Crippen molar-refractivity contribution in [2.24, 2.45) is 0 Å². The van der Waals surface area contributed by atoms with Crippen LogP contribution < -0.4 is 14.8 Å². The number of rotatable bonds is 6. The van der Waals surface area contributed by atoms with Gasteiger partial charge in [-0.15, -0.1) is 0 Å². The van der Waals surface area contributed by atoms with Gasteiger partial charge in [-0.1, -0.05) is 12.1 Å². The molecule has 1 N–H and O–H groups in total. The summed E-state index contributed by atoms with van der Waals surface area (Å²) < 4.78 is 15.0. The Kier molecular flexibility index (Phi) is 5.96. The highest BCUT2D eigenvalue weighted by molar-refractivity contribution is 6.10. The number of carbonyl (C=O) groups excluding carboxylic acids is 2. The Morgan fingerprint density at radius 1 is 1.04 bits per heavy atom. The Bertz CT molecular complexity index is 909. The molecule has 0 aliphatic rings. The summed E-state index contributed by atoms with van der Waals surface area (Å²) in [7, 11) is 3.98. The van der Waals surface area contributed by atoms with Crippen molar-refractivity contribution in [1.82, 2.24) is 0 Å². The summed E-state index contributed by atoms with van der Waals surface area (Å²) in [5, 5.41) is 13.8. The van der Waals surface area contributed by atoms with Crippen molar-refractivity contribution in [1.29, 1.82) is 0 Å². The number of ether oxygens (including phenoxy) is 3. The molecule has 0 aliphatic heterocycles. The Hall–Kier alpha value is -3.62. The molecular weight excluding hydrogens is 356 g/mol. The highest BCUT2D eigenvalue weighted by Gasteiger charge is 2.25. The summed E-state index contributed by atoms with van der Waals surface area (Å²) in [6, 6.07) is 7.13. The molecule has 0 fully saturated rings. The molecule has 2 aromatic rings. The highest BCUT2D eigenvalue weighted by Crippen LogP contribution is 2.34. The molecular formula is C18H18N2O7. The van der Waals surface area contributed by atoms with Crippen LogP contribution in [-0.4, -0.2) is 38.1 Å². The zero-order chi connectivity index (χ0) is 20.1. The SMILES string of the molecule is COC(=O)c1cc(OC)c(OC)cc1NC(=O)c1cccc(C)c1[N+](=O)[O-]. The van der Waals surface area contributed by atoms with E-state index in [0.29, 0.717) is 5.56 Å². The second kappa shape index (κ2) is 8.17. The average Bonchev–Trinajstić information content (AvgIpc) is 2.66. The van der Waals surface area contributed by atoms with Gasteiger partial charge in [-0.05, 0) is 13.0 Å². The smallest absolute Gasteiger partial charge is 0.340 e. The summed E-state index contributed by atoms with van der Waals surface area (Å²) in [5.41, 5.74) is -0.0204. The first kappa shape index (κ1) is 19.7. The fourth-order valence-corrected chi connectivity index (χ4v) is 2.54. The molecule has 2 rings (SSSR count). The lowest BCUT2D eigenvalue weighted by Crippen LogP contribution is -2.17. The van der Waals surface area contributed by atoms with Gasteiger partial charge in [0, 0.05) is 17.7 Å². The molecule has 142 valence electrons. The lowest BCUT2D eigenvalue weighted by Gasteiger charge is -2.15. The number of benzene rings is 2. The van der Waals surface area contributed by atoms with Crippen LogP contribution in [0.25, 0.3) is 0 Å².